The Labute approximate surface area is 198 Å². The third kappa shape index (κ3) is 3.94. The van der Waals surface area contributed by atoms with E-state index in [1.54, 1.807) is 12.3 Å². The number of fused-ring (bicyclic) bond motifs is 3. The van der Waals surface area contributed by atoms with E-state index in [1.807, 2.05) is 13.0 Å². The van der Waals surface area contributed by atoms with Gasteiger partial charge in [0.15, 0.2) is 0 Å². The summed E-state index contributed by atoms with van der Waals surface area (Å²) in [6, 6.07) is 16.4. The lowest BCUT2D eigenvalue weighted by molar-refractivity contribution is 0.359. The zero-order chi connectivity index (χ0) is 24.0. The summed E-state index contributed by atoms with van der Waals surface area (Å²) in [5.74, 6) is 0.835. The maximum atomic E-state index is 12.2. The maximum Gasteiger partial charge on any atom is 0.253 e. The molecule has 3 aromatic carbocycles. The minimum absolute atomic E-state index is 0.00456. The van der Waals surface area contributed by atoms with Crippen molar-refractivity contribution in [2.75, 3.05) is 16.0 Å². The number of aromatic nitrogens is 2. The number of hydrogen-bond donors (Lipinski definition) is 3. The Balaban J connectivity index is 1.33. The van der Waals surface area contributed by atoms with E-state index in [0.717, 1.165) is 12.1 Å². The van der Waals surface area contributed by atoms with E-state index in [1.165, 1.54) is 22.3 Å². The summed E-state index contributed by atoms with van der Waals surface area (Å²) in [5, 5.41) is 9.43. The highest BCUT2D eigenvalue weighted by Gasteiger charge is 2.27. The first kappa shape index (κ1) is 21.8. The molecule has 1 aliphatic carbocycles. The minimum atomic E-state index is -0.546. The summed E-state index contributed by atoms with van der Waals surface area (Å²) in [5.41, 5.74) is 5.43. The van der Waals surface area contributed by atoms with E-state index in [0.29, 0.717) is 17.5 Å². The Kier molecular flexibility index (Phi) is 5.20. The van der Waals surface area contributed by atoms with Crippen LogP contribution in [0.5, 0.6) is 0 Å². The predicted octanol–water partition coefficient (Wildman–Crippen LogP) is 4.98. The fraction of sp³-hybridized carbons (Fsp3) is 0.259. The van der Waals surface area contributed by atoms with Crippen LogP contribution in [0, 0.1) is 5.41 Å². The van der Waals surface area contributed by atoms with Crippen molar-refractivity contribution in [2.45, 2.75) is 40.2 Å². The standard InChI is InChI=1S/C27H27N5O2/c1-15(27(2,3)4)29-22-23(25(34)24(22)33)31-21-11-12-28-26(32-21)30-18-9-10-20-17(14-18)13-16-7-5-6-8-19(16)20/h5-12,14-15,29H,13H2,1-4H3,(H2,28,30,31,32)/t15-/m1/s1. The highest BCUT2D eigenvalue weighted by atomic mass is 16.2. The van der Waals surface area contributed by atoms with Crippen LogP contribution in [0.1, 0.15) is 38.8 Å². The molecule has 0 amide bonds. The number of hydrogen-bond acceptors (Lipinski definition) is 7. The van der Waals surface area contributed by atoms with Gasteiger partial charge in [-0.05, 0) is 59.2 Å². The topological polar surface area (TPSA) is 96.0 Å². The normalized spacial score (nSPS) is 13.3. The van der Waals surface area contributed by atoms with Crippen molar-refractivity contribution in [1.29, 1.82) is 0 Å². The minimum Gasteiger partial charge on any atom is -0.377 e. The van der Waals surface area contributed by atoms with Crippen LogP contribution >= 0.6 is 0 Å². The molecule has 0 saturated carbocycles. The average Bonchev–Trinajstić information content (AvgIpc) is 3.18. The Hall–Kier alpha value is -4.00. The molecular weight excluding hydrogens is 426 g/mol. The first-order chi connectivity index (χ1) is 16.2. The van der Waals surface area contributed by atoms with Gasteiger partial charge in [0.05, 0.1) is 0 Å². The van der Waals surface area contributed by atoms with E-state index in [9.17, 15) is 9.59 Å². The molecule has 1 heterocycles. The van der Waals surface area contributed by atoms with Gasteiger partial charge in [-0.3, -0.25) is 9.59 Å². The van der Waals surface area contributed by atoms with E-state index in [4.69, 9.17) is 0 Å². The largest absolute Gasteiger partial charge is 0.377 e. The Morgan fingerprint density at radius 1 is 0.882 bits per heavy atom. The van der Waals surface area contributed by atoms with Gasteiger partial charge in [0.1, 0.15) is 17.2 Å². The Morgan fingerprint density at radius 3 is 2.41 bits per heavy atom. The molecule has 3 N–H and O–H groups in total. The van der Waals surface area contributed by atoms with Crippen molar-refractivity contribution >= 4 is 28.8 Å². The lowest BCUT2D eigenvalue weighted by Crippen LogP contribution is -2.41. The van der Waals surface area contributed by atoms with Crippen molar-refractivity contribution in [3.63, 3.8) is 0 Å². The Bertz CT molecular complexity index is 1460. The van der Waals surface area contributed by atoms with Gasteiger partial charge >= 0.3 is 0 Å². The first-order valence-corrected chi connectivity index (χ1v) is 11.4. The summed E-state index contributed by atoms with van der Waals surface area (Å²) in [7, 11) is 0. The van der Waals surface area contributed by atoms with Crippen LogP contribution in [-0.2, 0) is 6.42 Å². The van der Waals surface area contributed by atoms with Crippen LogP contribution in [-0.4, -0.2) is 16.0 Å². The zero-order valence-electron chi connectivity index (χ0n) is 19.7. The third-order valence-corrected chi connectivity index (χ3v) is 6.53. The van der Waals surface area contributed by atoms with E-state index < -0.39 is 10.9 Å². The molecule has 0 unspecified atom stereocenters. The highest BCUT2D eigenvalue weighted by molar-refractivity contribution is 5.80. The van der Waals surface area contributed by atoms with Gasteiger partial charge in [-0.15, -0.1) is 0 Å². The quantitative estimate of drug-likeness (QED) is 0.312. The maximum absolute atomic E-state index is 12.2. The molecule has 1 atom stereocenters. The molecule has 34 heavy (non-hydrogen) atoms. The van der Waals surface area contributed by atoms with Crippen LogP contribution in [0.25, 0.3) is 11.1 Å². The second kappa shape index (κ2) is 8.09. The second-order valence-corrected chi connectivity index (χ2v) is 9.86. The van der Waals surface area contributed by atoms with E-state index >= 15 is 0 Å². The molecule has 172 valence electrons. The number of anilines is 5. The molecule has 5 rings (SSSR count). The van der Waals surface area contributed by atoms with Crippen molar-refractivity contribution < 1.29 is 0 Å². The molecule has 4 aromatic rings. The van der Waals surface area contributed by atoms with Crippen molar-refractivity contribution in [3.8, 4) is 11.1 Å². The molecule has 1 aliphatic rings. The predicted molar refractivity (Wildman–Crippen MR) is 137 cm³/mol. The molecule has 7 heteroatoms. The molecule has 0 fully saturated rings. The SMILES string of the molecule is C[C@@H](Nc1c(Nc2ccnc(Nc3ccc4c(c3)Cc3ccccc3-4)n2)c(=O)c1=O)C(C)(C)C. The lowest BCUT2D eigenvalue weighted by Gasteiger charge is -2.30. The monoisotopic (exact) mass is 453 g/mol. The fourth-order valence-electron chi connectivity index (χ4n) is 4.05. The zero-order valence-corrected chi connectivity index (χ0v) is 19.7. The number of nitrogens with one attached hydrogen (secondary N) is 3. The number of benzene rings is 2. The molecule has 0 aliphatic heterocycles. The third-order valence-electron chi connectivity index (χ3n) is 6.53. The molecule has 1 aromatic heterocycles. The van der Waals surface area contributed by atoms with Gasteiger partial charge < -0.3 is 16.0 Å². The van der Waals surface area contributed by atoms with E-state index in [2.05, 4.69) is 83.1 Å². The van der Waals surface area contributed by atoms with Gasteiger partial charge in [-0.1, -0.05) is 51.1 Å². The number of nitrogens with zero attached hydrogens (tertiary/aromatic N) is 2. The van der Waals surface area contributed by atoms with Crippen molar-refractivity contribution in [2.24, 2.45) is 5.41 Å². The molecule has 7 nitrogen and oxygen atoms in total. The second-order valence-electron chi connectivity index (χ2n) is 9.86. The summed E-state index contributed by atoms with van der Waals surface area (Å²) in [6.45, 7) is 8.21. The Morgan fingerprint density at radius 2 is 1.62 bits per heavy atom. The van der Waals surface area contributed by atoms with Crippen LogP contribution in [0.2, 0.25) is 0 Å². The summed E-state index contributed by atoms with van der Waals surface area (Å²) < 4.78 is 0. The van der Waals surface area contributed by atoms with Gasteiger partial charge in [0, 0.05) is 17.9 Å². The van der Waals surface area contributed by atoms with Crippen LogP contribution < -0.4 is 26.8 Å². The average molecular weight is 454 g/mol. The smallest absolute Gasteiger partial charge is 0.253 e. The van der Waals surface area contributed by atoms with Crippen LogP contribution in [0.4, 0.5) is 28.8 Å². The fourth-order valence-corrected chi connectivity index (χ4v) is 4.05. The highest BCUT2D eigenvalue weighted by Crippen LogP contribution is 2.38. The molecule has 0 radical (unpaired) electrons. The summed E-state index contributed by atoms with van der Waals surface area (Å²) in [6.07, 6.45) is 2.51. The molecule has 0 saturated heterocycles. The number of rotatable bonds is 6. The van der Waals surface area contributed by atoms with Gasteiger partial charge in [-0.2, -0.15) is 4.98 Å². The van der Waals surface area contributed by atoms with E-state index in [-0.39, 0.29) is 17.1 Å². The van der Waals surface area contributed by atoms with Crippen molar-refractivity contribution in [3.05, 3.63) is 86.3 Å². The van der Waals surface area contributed by atoms with Gasteiger partial charge in [0.2, 0.25) is 5.95 Å². The van der Waals surface area contributed by atoms with Crippen LogP contribution in [0.15, 0.2) is 64.3 Å². The van der Waals surface area contributed by atoms with Gasteiger partial charge in [0.25, 0.3) is 10.9 Å². The lowest BCUT2D eigenvalue weighted by atomic mass is 9.87. The molecule has 0 spiro atoms. The van der Waals surface area contributed by atoms with Gasteiger partial charge in [-0.25, -0.2) is 4.98 Å². The summed E-state index contributed by atoms with van der Waals surface area (Å²) >= 11 is 0. The first-order valence-electron chi connectivity index (χ1n) is 11.4. The summed E-state index contributed by atoms with van der Waals surface area (Å²) in [4.78, 5) is 33.2. The molecule has 0 bridgehead atoms. The van der Waals surface area contributed by atoms with Crippen LogP contribution in [0.3, 0.4) is 0 Å². The van der Waals surface area contributed by atoms with Crippen molar-refractivity contribution in [1.82, 2.24) is 9.97 Å². The molecular formula is C27H27N5O2.